The Labute approximate surface area is 226 Å². The topological polar surface area (TPSA) is 63.4 Å². The summed E-state index contributed by atoms with van der Waals surface area (Å²) in [5.41, 5.74) is 6.78. The van der Waals surface area contributed by atoms with E-state index >= 15 is 0 Å². The molecule has 2 aliphatic rings. The molecule has 188 valence electrons. The Morgan fingerprint density at radius 2 is 1.60 bits per heavy atom. The van der Waals surface area contributed by atoms with Crippen LogP contribution in [0.4, 0.5) is 0 Å². The zero-order valence-electron chi connectivity index (χ0n) is 19.9. The van der Waals surface area contributed by atoms with Crippen LogP contribution in [-0.4, -0.2) is 60.5 Å². The molecule has 1 aliphatic carbocycles. The number of quaternary nitrogens is 1. The lowest BCUT2D eigenvalue weighted by Gasteiger charge is -2.47. The van der Waals surface area contributed by atoms with Crippen LogP contribution >= 0.6 is 46.4 Å². The number of piperidine rings is 1. The predicted molar refractivity (Wildman–Crippen MR) is 142 cm³/mol. The largest absolute Gasteiger partial charge is 0.364 e. The highest BCUT2D eigenvalue weighted by atomic mass is 35.5. The first-order valence-corrected chi connectivity index (χ1v) is 13.3. The number of carbonyl (C=O) groups excluding carboxylic acids is 2. The molecule has 2 aromatic rings. The Morgan fingerprint density at radius 1 is 1.03 bits per heavy atom. The minimum Gasteiger partial charge on any atom is -0.364 e. The lowest BCUT2D eigenvalue weighted by atomic mass is 9.87. The van der Waals surface area contributed by atoms with E-state index in [1.165, 1.54) is 0 Å². The van der Waals surface area contributed by atoms with Crippen molar-refractivity contribution in [1.29, 1.82) is 0 Å². The van der Waals surface area contributed by atoms with E-state index in [9.17, 15) is 9.59 Å². The van der Waals surface area contributed by atoms with Gasteiger partial charge in [-0.15, -0.1) is 0 Å². The van der Waals surface area contributed by atoms with E-state index in [4.69, 9.17) is 52.1 Å². The van der Waals surface area contributed by atoms with Gasteiger partial charge < -0.3 is 10.6 Å². The number of hydrogen-bond donors (Lipinski definition) is 1. The van der Waals surface area contributed by atoms with E-state index in [0.29, 0.717) is 32.9 Å². The number of nitrogens with zero attached hydrogens (tertiary/aromatic N) is 2. The van der Waals surface area contributed by atoms with E-state index < -0.39 is 17.4 Å². The molecule has 0 radical (unpaired) electrons. The molecule has 2 amide bonds. The molecule has 1 aliphatic heterocycles. The van der Waals surface area contributed by atoms with Crippen LogP contribution in [0.25, 0.3) is 0 Å². The number of amides is 2. The van der Waals surface area contributed by atoms with Crippen LogP contribution in [0.3, 0.4) is 0 Å². The van der Waals surface area contributed by atoms with Crippen molar-refractivity contribution in [2.24, 2.45) is 5.73 Å². The van der Waals surface area contributed by atoms with Crippen molar-refractivity contribution in [3.8, 4) is 0 Å². The molecule has 9 heteroatoms. The number of primary amides is 1. The summed E-state index contributed by atoms with van der Waals surface area (Å²) in [4.78, 5) is 30.0. The fourth-order valence-corrected chi connectivity index (χ4v) is 6.68. The molecule has 4 rings (SSSR count). The molecule has 2 atom stereocenters. The predicted octanol–water partition coefficient (Wildman–Crippen LogP) is 5.50. The standard InChI is InChI=1S/C26H29Cl4N3O2/c1-32-11-7-19(8-12-32)33(2,23(24(31)34)13-16-3-4-17(27)14-21(16)29)25(35)26(9-10-26)20-6-5-18(28)15-22(20)30/h3-6,14-15,19,23H,7-13H2,1-2H3,(H-,31,34)/p+1/t23-,33?/m0/s1. The summed E-state index contributed by atoms with van der Waals surface area (Å²) >= 11 is 25.3. The number of likely N-dealkylation sites (tertiary alicyclic amines) is 1. The van der Waals surface area contributed by atoms with Gasteiger partial charge in [-0.2, -0.15) is 0 Å². The Kier molecular flexibility index (Phi) is 7.78. The van der Waals surface area contributed by atoms with Gasteiger partial charge in [-0.3, -0.25) is 4.79 Å². The zero-order valence-corrected chi connectivity index (χ0v) is 22.9. The maximum absolute atomic E-state index is 14.6. The average molecular weight is 558 g/mol. The summed E-state index contributed by atoms with van der Waals surface area (Å²) in [5, 5.41) is 1.94. The van der Waals surface area contributed by atoms with Crippen LogP contribution in [0.15, 0.2) is 36.4 Å². The molecule has 1 heterocycles. The van der Waals surface area contributed by atoms with Gasteiger partial charge in [0, 0.05) is 52.4 Å². The Balaban J connectivity index is 1.80. The van der Waals surface area contributed by atoms with Gasteiger partial charge in [-0.05, 0) is 55.3 Å². The zero-order chi connectivity index (χ0) is 25.5. The molecule has 0 aromatic heterocycles. The number of halogens is 4. The quantitative estimate of drug-likeness (QED) is 0.457. The molecule has 1 unspecified atom stereocenters. The number of carbonyl (C=O) groups is 2. The number of benzene rings is 2. The van der Waals surface area contributed by atoms with Crippen molar-refractivity contribution < 1.29 is 14.1 Å². The van der Waals surface area contributed by atoms with Gasteiger partial charge in [0.25, 0.3) is 5.91 Å². The molecule has 1 saturated heterocycles. The second-order valence-electron chi connectivity index (χ2n) is 10.1. The molecule has 2 N–H and O–H groups in total. The number of hydrogen-bond acceptors (Lipinski definition) is 3. The van der Waals surface area contributed by atoms with Gasteiger partial charge in [0.2, 0.25) is 0 Å². The first kappa shape index (κ1) is 26.7. The lowest BCUT2D eigenvalue weighted by molar-refractivity contribution is -0.878. The number of likely N-dealkylation sites (N-methyl/N-ethyl adjacent to an activating group) is 1. The minimum absolute atomic E-state index is 0.0230. The number of nitrogens with two attached hydrogens (primary N) is 1. The van der Waals surface area contributed by atoms with E-state index in [1.54, 1.807) is 30.3 Å². The third-order valence-corrected chi connectivity index (χ3v) is 9.03. The maximum Gasteiger partial charge on any atom is 0.325 e. The molecule has 2 fully saturated rings. The summed E-state index contributed by atoms with van der Waals surface area (Å²) in [6.07, 6.45) is 3.13. The van der Waals surface area contributed by atoms with Crippen molar-refractivity contribution >= 4 is 58.2 Å². The summed E-state index contributed by atoms with van der Waals surface area (Å²) in [7, 11) is 3.94. The molecule has 35 heavy (non-hydrogen) atoms. The third-order valence-electron chi connectivity index (χ3n) is 7.89. The molecule has 0 bridgehead atoms. The van der Waals surface area contributed by atoms with Gasteiger partial charge in [0.15, 0.2) is 6.04 Å². The smallest absolute Gasteiger partial charge is 0.325 e. The SMILES string of the molecule is CN1CCC([N+](C)(C(=O)C2(c3ccc(Cl)cc3Cl)CC2)[C@@H](Cc2ccc(Cl)cc2Cl)C(N)=O)CC1. The van der Waals surface area contributed by atoms with Gasteiger partial charge in [-0.1, -0.05) is 58.5 Å². The van der Waals surface area contributed by atoms with Crippen LogP contribution < -0.4 is 5.73 Å². The van der Waals surface area contributed by atoms with Crippen molar-refractivity contribution in [1.82, 2.24) is 4.90 Å². The van der Waals surface area contributed by atoms with Crippen molar-refractivity contribution in [3.63, 3.8) is 0 Å². The summed E-state index contributed by atoms with van der Waals surface area (Å²) in [5.74, 6) is -0.547. The second-order valence-corrected chi connectivity index (χ2v) is 11.7. The van der Waals surface area contributed by atoms with Crippen molar-refractivity contribution in [2.45, 2.75) is 49.6 Å². The van der Waals surface area contributed by atoms with Crippen molar-refractivity contribution in [3.05, 3.63) is 67.6 Å². The fraction of sp³-hybridized carbons (Fsp3) is 0.462. The van der Waals surface area contributed by atoms with Gasteiger partial charge in [-0.25, -0.2) is 9.28 Å². The minimum atomic E-state index is -0.793. The molecule has 0 spiro atoms. The number of rotatable bonds is 7. The van der Waals surface area contributed by atoms with Gasteiger partial charge in [0.05, 0.1) is 13.1 Å². The van der Waals surface area contributed by atoms with Crippen LogP contribution in [0.1, 0.15) is 36.8 Å². The fourth-order valence-electron chi connectivity index (χ4n) is 5.61. The molecular formula is C26H30Cl4N3O2+. The average Bonchev–Trinajstić information content (AvgIpc) is 3.59. The molecule has 2 aromatic carbocycles. The van der Waals surface area contributed by atoms with E-state index in [1.807, 2.05) is 13.1 Å². The van der Waals surface area contributed by atoms with Gasteiger partial charge in [0.1, 0.15) is 5.41 Å². The monoisotopic (exact) mass is 556 g/mol. The first-order valence-electron chi connectivity index (χ1n) is 11.8. The Bertz CT molecular complexity index is 1150. The highest BCUT2D eigenvalue weighted by Gasteiger charge is 2.64. The second kappa shape index (κ2) is 10.2. The van der Waals surface area contributed by atoms with E-state index in [0.717, 1.165) is 37.1 Å². The normalized spacial score (nSPS) is 20.7. The highest BCUT2D eigenvalue weighted by Crippen LogP contribution is 2.54. The van der Waals surface area contributed by atoms with Crippen LogP contribution in [0.5, 0.6) is 0 Å². The molecule has 5 nitrogen and oxygen atoms in total. The summed E-state index contributed by atoms with van der Waals surface area (Å²) in [6.45, 7) is 1.68. The Hall–Kier alpha value is -1.34. The molecule has 1 saturated carbocycles. The highest BCUT2D eigenvalue weighted by molar-refractivity contribution is 6.35. The summed E-state index contributed by atoms with van der Waals surface area (Å²) < 4.78 is -0.0823. The third kappa shape index (κ3) is 5.09. The first-order chi connectivity index (χ1) is 16.5. The van der Waals surface area contributed by atoms with Gasteiger partial charge >= 0.3 is 5.91 Å². The van der Waals surface area contributed by atoms with Crippen molar-refractivity contribution in [2.75, 3.05) is 27.2 Å². The maximum atomic E-state index is 14.6. The molecular weight excluding hydrogens is 528 g/mol. The Morgan fingerprint density at radius 3 is 2.11 bits per heavy atom. The lowest BCUT2D eigenvalue weighted by Crippen LogP contribution is -2.70. The van der Waals surface area contributed by atoms with Crippen LogP contribution in [0, 0.1) is 0 Å². The summed E-state index contributed by atoms with van der Waals surface area (Å²) in [6, 6.07) is 9.59. The van der Waals surface area contributed by atoms with Crippen LogP contribution in [0.2, 0.25) is 20.1 Å². The van der Waals surface area contributed by atoms with E-state index in [2.05, 4.69) is 11.9 Å². The van der Waals surface area contributed by atoms with Crippen LogP contribution in [-0.2, 0) is 21.4 Å². The van der Waals surface area contributed by atoms with E-state index in [-0.39, 0.29) is 22.9 Å².